The van der Waals surface area contributed by atoms with Crippen LogP contribution in [-0.4, -0.2) is 19.0 Å². The number of carbonyl (C=O) groups is 2. The van der Waals surface area contributed by atoms with Gasteiger partial charge >= 0.3 is 5.97 Å². The molecule has 0 aliphatic heterocycles. The highest BCUT2D eigenvalue weighted by molar-refractivity contribution is 5.94. The van der Waals surface area contributed by atoms with E-state index in [2.05, 4.69) is 5.32 Å². The molecule has 3 aromatic carbocycles. The van der Waals surface area contributed by atoms with Gasteiger partial charge in [-0.05, 0) is 35.4 Å². The summed E-state index contributed by atoms with van der Waals surface area (Å²) < 4.78 is 10.6. The number of esters is 1. The molecule has 29 heavy (non-hydrogen) atoms. The normalized spacial score (nSPS) is 11.3. The van der Waals surface area contributed by atoms with E-state index in [4.69, 9.17) is 9.47 Å². The number of rotatable bonds is 8. The fourth-order valence-electron chi connectivity index (χ4n) is 2.87. The molecule has 3 aromatic rings. The second kappa shape index (κ2) is 10.1. The molecular formula is C24H23NO4. The molecular weight excluding hydrogens is 366 g/mol. The standard InChI is InChI=1S/C24H23NO4/c1-28-23(26)16-22(25-24(27)20-10-6-3-7-11-20)19-12-14-21(15-13-19)29-17-18-8-4-2-5-9-18/h2-15,22H,16-17H2,1H3,(H,25,27)/t22-/m0/s1. The molecule has 0 fully saturated rings. The number of carbonyl (C=O) groups excluding carboxylic acids is 2. The fraction of sp³-hybridized carbons (Fsp3) is 0.167. The quantitative estimate of drug-likeness (QED) is 0.584. The van der Waals surface area contributed by atoms with Crippen LogP contribution < -0.4 is 10.1 Å². The van der Waals surface area contributed by atoms with Gasteiger partial charge in [-0.15, -0.1) is 0 Å². The van der Waals surface area contributed by atoms with Crippen molar-refractivity contribution in [2.45, 2.75) is 19.1 Å². The summed E-state index contributed by atoms with van der Waals surface area (Å²) in [5.74, 6) is 0.0699. The van der Waals surface area contributed by atoms with Gasteiger partial charge in [0.2, 0.25) is 0 Å². The Morgan fingerprint density at radius 1 is 0.862 bits per heavy atom. The van der Waals surface area contributed by atoms with E-state index in [0.29, 0.717) is 17.9 Å². The lowest BCUT2D eigenvalue weighted by molar-refractivity contribution is -0.141. The van der Waals surface area contributed by atoms with Crippen molar-refractivity contribution < 1.29 is 19.1 Å². The van der Waals surface area contributed by atoms with Crippen LogP contribution in [0.3, 0.4) is 0 Å². The molecule has 3 rings (SSSR count). The second-order valence-electron chi connectivity index (χ2n) is 6.52. The lowest BCUT2D eigenvalue weighted by atomic mass is 10.0. The van der Waals surface area contributed by atoms with Crippen molar-refractivity contribution >= 4 is 11.9 Å². The largest absolute Gasteiger partial charge is 0.489 e. The summed E-state index contributed by atoms with van der Waals surface area (Å²) in [6.45, 7) is 0.469. The van der Waals surface area contributed by atoms with Gasteiger partial charge in [0.05, 0.1) is 19.6 Å². The smallest absolute Gasteiger partial charge is 0.307 e. The van der Waals surface area contributed by atoms with E-state index in [1.165, 1.54) is 7.11 Å². The maximum atomic E-state index is 12.5. The Bertz CT molecular complexity index is 924. The molecule has 0 radical (unpaired) electrons. The molecule has 0 saturated heterocycles. The van der Waals surface area contributed by atoms with Gasteiger partial charge in [0.25, 0.3) is 5.91 Å². The van der Waals surface area contributed by atoms with Crippen molar-refractivity contribution in [1.29, 1.82) is 0 Å². The molecule has 0 unspecified atom stereocenters. The molecule has 5 nitrogen and oxygen atoms in total. The molecule has 0 aliphatic carbocycles. The van der Waals surface area contributed by atoms with Gasteiger partial charge in [0, 0.05) is 5.56 Å². The number of nitrogens with one attached hydrogen (secondary N) is 1. The molecule has 1 atom stereocenters. The zero-order valence-electron chi connectivity index (χ0n) is 16.2. The van der Waals surface area contributed by atoms with Crippen LogP contribution in [0.5, 0.6) is 5.75 Å². The molecule has 0 heterocycles. The average Bonchev–Trinajstić information content (AvgIpc) is 2.78. The van der Waals surface area contributed by atoms with Gasteiger partial charge in [-0.2, -0.15) is 0 Å². The first-order valence-corrected chi connectivity index (χ1v) is 9.35. The third-order valence-corrected chi connectivity index (χ3v) is 4.47. The Hall–Kier alpha value is -3.60. The van der Waals surface area contributed by atoms with Crippen molar-refractivity contribution in [3.8, 4) is 5.75 Å². The number of hydrogen-bond acceptors (Lipinski definition) is 4. The van der Waals surface area contributed by atoms with Gasteiger partial charge in [-0.3, -0.25) is 9.59 Å². The van der Waals surface area contributed by atoms with Crippen molar-refractivity contribution in [3.05, 3.63) is 102 Å². The van der Waals surface area contributed by atoms with Crippen molar-refractivity contribution in [2.75, 3.05) is 7.11 Å². The Morgan fingerprint density at radius 3 is 2.10 bits per heavy atom. The number of benzene rings is 3. The van der Waals surface area contributed by atoms with Crippen molar-refractivity contribution in [1.82, 2.24) is 5.32 Å². The molecule has 148 valence electrons. The summed E-state index contributed by atoms with van der Waals surface area (Å²) in [6.07, 6.45) is 0.0410. The summed E-state index contributed by atoms with van der Waals surface area (Å²) in [7, 11) is 1.33. The number of methoxy groups -OCH3 is 1. The minimum Gasteiger partial charge on any atom is -0.489 e. The van der Waals surface area contributed by atoms with Gasteiger partial charge in [-0.1, -0.05) is 60.7 Å². The van der Waals surface area contributed by atoms with E-state index in [-0.39, 0.29) is 12.3 Å². The molecule has 1 amide bonds. The van der Waals surface area contributed by atoms with Crippen LogP contribution in [0.4, 0.5) is 0 Å². The Labute approximate surface area is 170 Å². The predicted octanol–water partition coefficient (Wildman–Crippen LogP) is 4.30. The molecule has 0 spiro atoms. The Morgan fingerprint density at radius 2 is 1.48 bits per heavy atom. The SMILES string of the molecule is COC(=O)C[C@H](NC(=O)c1ccccc1)c1ccc(OCc2ccccc2)cc1. The minimum atomic E-state index is -0.502. The van der Waals surface area contributed by atoms with Crippen LogP contribution in [0.25, 0.3) is 0 Å². The highest BCUT2D eigenvalue weighted by Crippen LogP contribution is 2.22. The molecule has 0 saturated carbocycles. The maximum Gasteiger partial charge on any atom is 0.307 e. The van der Waals surface area contributed by atoms with Gasteiger partial charge in [-0.25, -0.2) is 0 Å². The van der Waals surface area contributed by atoms with E-state index >= 15 is 0 Å². The van der Waals surface area contributed by atoms with Crippen LogP contribution >= 0.6 is 0 Å². The van der Waals surface area contributed by atoms with Crippen LogP contribution in [0.1, 0.15) is 33.9 Å². The topological polar surface area (TPSA) is 64.6 Å². The lowest BCUT2D eigenvalue weighted by Crippen LogP contribution is -2.30. The van der Waals surface area contributed by atoms with E-state index in [9.17, 15) is 9.59 Å². The van der Waals surface area contributed by atoms with Crippen molar-refractivity contribution in [2.24, 2.45) is 0 Å². The molecule has 0 bridgehead atoms. The van der Waals surface area contributed by atoms with Crippen molar-refractivity contribution in [3.63, 3.8) is 0 Å². The maximum absolute atomic E-state index is 12.5. The van der Waals surface area contributed by atoms with E-state index < -0.39 is 12.0 Å². The lowest BCUT2D eigenvalue weighted by Gasteiger charge is -2.19. The zero-order valence-corrected chi connectivity index (χ0v) is 16.2. The third kappa shape index (κ3) is 5.94. The highest BCUT2D eigenvalue weighted by Gasteiger charge is 2.19. The first-order valence-electron chi connectivity index (χ1n) is 9.35. The van der Waals surface area contributed by atoms with E-state index in [1.54, 1.807) is 24.3 Å². The number of hydrogen-bond donors (Lipinski definition) is 1. The summed E-state index contributed by atoms with van der Waals surface area (Å²) in [5.41, 5.74) is 2.41. The predicted molar refractivity (Wildman–Crippen MR) is 110 cm³/mol. The summed E-state index contributed by atoms with van der Waals surface area (Å²) in [4.78, 5) is 24.4. The first-order chi connectivity index (χ1) is 14.2. The van der Waals surface area contributed by atoms with Crippen LogP contribution in [-0.2, 0) is 16.1 Å². The second-order valence-corrected chi connectivity index (χ2v) is 6.52. The Kier molecular flexibility index (Phi) is 7.00. The summed E-state index contributed by atoms with van der Waals surface area (Å²) >= 11 is 0. The summed E-state index contributed by atoms with van der Waals surface area (Å²) in [6, 6.07) is 25.6. The highest BCUT2D eigenvalue weighted by atomic mass is 16.5. The number of ether oxygens (including phenoxy) is 2. The molecule has 1 N–H and O–H groups in total. The third-order valence-electron chi connectivity index (χ3n) is 4.47. The summed E-state index contributed by atoms with van der Waals surface area (Å²) in [5, 5.41) is 2.91. The van der Waals surface area contributed by atoms with E-state index in [0.717, 1.165) is 11.1 Å². The van der Waals surface area contributed by atoms with Crippen LogP contribution in [0, 0.1) is 0 Å². The number of amides is 1. The first kappa shape index (κ1) is 20.1. The molecule has 0 aromatic heterocycles. The average molecular weight is 389 g/mol. The zero-order chi connectivity index (χ0) is 20.5. The van der Waals surface area contributed by atoms with Gasteiger partial charge < -0.3 is 14.8 Å². The minimum absolute atomic E-state index is 0.0410. The molecule has 0 aliphatic rings. The Balaban J connectivity index is 1.69. The van der Waals surface area contributed by atoms with Crippen LogP contribution in [0.2, 0.25) is 0 Å². The van der Waals surface area contributed by atoms with Crippen LogP contribution in [0.15, 0.2) is 84.9 Å². The molecule has 5 heteroatoms. The monoisotopic (exact) mass is 389 g/mol. The van der Waals surface area contributed by atoms with E-state index in [1.807, 2.05) is 60.7 Å². The fourth-order valence-corrected chi connectivity index (χ4v) is 2.87. The van der Waals surface area contributed by atoms with Gasteiger partial charge in [0.1, 0.15) is 12.4 Å². The van der Waals surface area contributed by atoms with Gasteiger partial charge in [0.15, 0.2) is 0 Å².